The number of hydrogen-bond acceptors (Lipinski definition) is 4. The molecule has 0 aromatic heterocycles. The molecule has 1 aliphatic heterocycles. The molecule has 4 heteroatoms. The number of benzene rings is 2. The molecule has 0 saturated heterocycles. The highest BCUT2D eigenvalue weighted by atomic mass is 16.5. The van der Waals surface area contributed by atoms with Crippen molar-refractivity contribution in [1.82, 2.24) is 0 Å². The Morgan fingerprint density at radius 1 is 1.22 bits per heavy atom. The first-order valence-electron chi connectivity index (χ1n) is 5.82. The zero-order chi connectivity index (χ0) is 12.5. The molecule has 1 unspecified atom stereocenters. The second-order valence-corrected chi connectivity index (χ2v) is 4.19. The Labute approximate surface area is 105 Å². The number of nitrogens with zero attached hydrogens (tertiary/aromatic N) is 1. The van der Waals surface area contributed by atoms with Gasteiger partial charge >= 0.3 is 0 Å². The molecule has 0 radical (unpaired) electrons. The molecule has 92 valence electrons. The first kappa shape index (κ1) is 10.9. The van der Waals surface area contributed by atoms with Gasteiger partial charge in [0.05, 0.1) is 13.7 Å². The fourth-order valence-electron chi connectivity index (χ4n) is 2.31. The number of hydrogen-bond donors (Lipinski definition) is 1. The van der Waals surface area contributed by atoms with E-state index in [4.69, 9.17) is 15.2 Å². The zero-order valence-corrected chi connectivity index (χ0v) is 10.1. The van der Waals surface area contributed by atoms with Gasteiger partial charge in [-0.3, -0.25) is 0 Å². The Morgan fingerprint density at radius 3 is 2.67 bits per heavy atom. The molecule has 2 N–H and O–H groups in total. The second kappa shape index (κ2) is 4.22. The van der Waals surface area contributed by atoms with Gasteiger partial charge in [-0.15, -0.1) is 0 Å². The van der Waals surface area contributed by atoms with Crippen molar-refractivity contribution in [3.8, 4) is 5.75 Å². The Hall–Kier alpha value is -2.23. The van der Waals surface area contributed by atoms with Gasteiger partial charge in [0.25, 0.3) is 6.02 Å². The number of fused-ring (bicyclic) bond motifs is 1. The summed E-state index contributed by atoms with van der Waals surface area (Å²) in [5.41, 5.74) is 6.66. The van der Waals surface area contributed by atoms with Gasteiger partial charge in [-0.25, -0.2) is 4.99 Å². The monoisotopic (exact) mass is 242 g/mol. The molecule has 0 bridgehead atoms. The molecule has 0 fully saturated rings. The third-order valence-corrected chi connectivity index (χ3v) is 3.16. The van der Waals surface area contributed by atoms with Gasteiger partial charge in [0.1, 0.15) is 11.9 Å². The van der Waals surface area contributed by atoms with Crippen LogP contribution in [0.15, 0.2) is 41.4 Å². The molecule has 0 spiro atoms. The SMILES string of the molecule is COc1ccc(C2CN=C(N)O2)c2ccccc12. The lowest BCUT2D eigenvalue weighted by Crippen LogP contribution is -2.13. The quantitative estimate of drug-likeness (QED) is 0.878. The van der Waals surface area contributed by atoms with Gasteiger partial charge in [-0.2, -0.15) is 0 Å². The summed E-state index contributed by atoms with van der Waals surface area (Å²) in [6, 6.07) is 12.3. The first-order chi connectivity index (χ1) is 8.79. The van der Waals surface area contributed by atoms with Gasteiger partial charge in [-0.1, -0.05) is 30.3 Å². The Kier molecular flexibility index (Phi) is 2.55. The summed E-state index contributed by atoms with van der Waals surface area (Å²) in [4.78, 5) is 4.08. The van der Waals surface area contributed by atoms with E-state index < -0.39 is 0 Å². The lowest BCUT2D eigenvalue weighted by molar-refractivity contribution is 0.228. The van der Waals surface area contributed by atoms with Crippen LogP contribution < -0.4 is 10.5 Å². The molecular formula is C14H14N2O2. The maximum absolute atomic E-state index is 5.57. The average molecular weight is 242 g/mol. The van der Waals surface area contributed by atoms with Gasteiger partial charge in [0.15, 0.2) is 0 Å². The minimum Gasteiger partial charge on any atom is -0.496 e. The maximum atomic E-state index is 5.57. The average Bonchev–Trinajstić information content (AvgIpc) is 2.84. The molecule has 4 nitrogen and oxygen atoms in total. The molecular weight excluding hydrogens is 228 g/mol. The summed E-state index contributed by atoms with van der Waals surface area (Å²) in [7, 11) is 1.68. The predicted molar refractivity (Wildman–Crippen MR) is 70.8 cm³/mol. The van der Waals surface area contributed by atoms with Gasteiger partial charge in [0.2, 0.25) is 0 Å². The molecule has 1 aliphatic rings. The normalized spacial score (nSPS) is 18.5. The van der Waals surface area contributed by atoms with Crippen molar-refractivity contribution >= 4 is 16.8 Å². The number of aliphatic imine (C=N–C) groups is 1. The van der Waals surface area contributed by atoms with E-state index in [0.29, 0.717) is 6.54 Å². The molecule has 2 aromatic rings. The van der Waals surface area contributed by atoms with E-state index in [1.807, 2.05) is 30.3 Å². The highest BCUT2D eigenvalue weighted by molar-refractivity contribution is 5.91. The molecule has 0 amide bonds. The third kappa shape index (κ3) is 1.66. The maximum Gasteiger partial charge on any atom is 0.282 e. The topological polar surface area (TPSA) is 56.8 Å². The highest BCUT2D eigenvalue weighted by Crippen LogP contribution is 2.34. The van der Waals surface area contributed by atoms with Crippen LogP contribution in [0.4, 0.5) is 0 Å². The summed E-state index contributed by atoms with van der Waals surface area (Å²) in [6.45, 7) is 0.572. The number of ether oxygens (including phenoxy) is 2. The summed E-state index contributed by atoms with van der Waals surface area (Å²) < 4.78 is 10.9. The van der Waals surface area contributed by atoms with E-state index in [1.165, 1.54) is 0 Å². The van der Waals surface area contributed by atoms with Crippen molar-refractivity contribution in [1.29, 1.82) is 0 Å². The van der Waals surface area contributed by atoms with Crippen molar-refractivity contribution < 1.29 is 9.47 Å². The van der Waals surface area contributed by atoms with Crippen molar-refractivity contribution in [3.63, 3.8) is 0 Å². The van der Waals surface area contributed by atoms with Crippen molar-refractivity contribution in [2.45, 2.75) is 6.10 Å². The van der Waals surface area contributed by atoms with Gasteiger partial charge < -0.3 is 15.2 Å². The summed E-state index contributed by atoms with van der Waals surface area (Å²) in [5.74, 6) is 0.862. The molecule has 1 atom stereocenters. The predicted octanol–water partition coefficient (Wildman–Crippen LogP) is 2.23. The largest absolute Gasteiger partial charge is 0.496 e. The fourth-order valence-corrected chi connectivity index (χ4v) is 2.31. The van der Waals surface area contributed by atoms with Crippen LogP contribution in [0.1, 0.15) is 11.7 Å². The molecule has 18 heavy (non-hydrogen) atoms. The van der Waals surface area contributed by atoms with Crippen LogP contribution in [0.5, 0.6) is 5.75 Å². The third-order valence-electron chi connectivity index (χ3n) is 3.16. The lowest BCUT2D eigenvalue weighted by Gasteiger charge is -2.15. The standard InChI is InChI=1S/C14H14N2O2/c1-17-12-7-6-11(13-8-16-14(15)18-13)9-4-2-3-5-10(9)12/h2-7,13H,8H2,1H3,(H2,15,16). The van der Waals surface area contributed by atoms with Crippen molar-refractivity contribution in [3.05, 3.63) is 42.0 Å². The van der Waals surface area contributed by atoms with Crippen LogP contribution in [0.3, 0.4) is 0 Å². The lowest BCUT2D eigenvalue weighted by atomic mass is 9.99. The number of nitrogens with two attached hydrogens (primary N) is 1. The van der Waals surface area contributed by atoms with Crippen LogP contribution in [0.25, 0.3) is 10.8 Å². The van der Waals surface area contributed by atoms with Gasteiger partial charge in [0, 0.05) is 10.9 Å². The van der Waals surface area contributed by atoms with E-state index in [0.717, 1.165) is 22.1 Å². The molecule has 0 saturated carbocycles. The summed E-state index contributed by atoms with van der Waals surface area (Å²) >= 11 is 0. The van der Waals surface area contributed by atoms with Crippen LogP contribution in [-0.4, -0.2) is 19.7 Å². The molecule has 2 aromatic carbocycles. The smallest absolute Gasteiger partial charge is 0.282 e. The molecule has 3 rings (SSSR count). The van der Waals surface area contributed by atoms with E-state index in [9.17, 15) is 0 Å². The zero-order valence-electron chi connectivity index (χ0n) is 10.1. The molecule has 1 heterocycles. The first-order valence-corrected chi connectivity index (χ1v) is 5.82. The van der Waals surface area contributed by atoms with E-state index >= 15 is 0 Å². The Balaban J connectivity index is 2.13. The minimum absolute atomic E-state index is 0.0965. The number of methoxy groups -OCH3 is 1. The highest BCUT2D eigenvalue weighted by Gasteiger charge is 2.22. The van der Waals surface area contributed by atoms with Crippen LogP contribution in [0, 0.1) is 0 Å². The summed E-state index contributed by atoms with van der Waals surface area (Å²) in [5, 5.41) is 2.19. The van der Waals surface area contributed by atoms with E-state index in [-0.39, 0.29) is 12.1 Å². The fraction of sp³-hybridized carbons (Fsp3) is 0.214. The van der Waals surface area contributed by atoms with Crippen LogP contribution in [0.2, 0.25) is 0 Å². The van der Waals surface area contributed by atoms with Gasteiger partial charge in [-0.05, 0) is 11.5 Å². The Morgan fingerprint density at radius 2 is 2.00 bits per heavy atom. The number of amidine groups is 1. The molecule has 0 aliphatic carbocycles. The van der Waals surface area contributed by atoms with Crippen LogP contribution in [-0.2, 0) is 4.74 Å². The van der Waals surface area contributed by atoms with Crippen molar-refractivity contribution in [2.75, 3.05) is 13.7 Å². The summed E-state index contributed by atoms with van der Waals surface area (Å²) in [6.07, 6.45) is -0.0965. The van der Waals surface area contributed by atoms with Crippen molar-refractivity contribution in [2.24, 2.45) is 10.7 Å². The van der Waals surface area contributed by atoms with E-state index in [2.05, 4.69) is 11.1 Å². The van der Waals surface area contributed by atoms with E-state index in [1.54, 1.807) is 7.11 Å². The minimum atomic E-state index is -0.0965. The number of rotatable bonds is 2. The van der Waals surface area contributed by atoms with Crippen LogP contribution >= 0.6 is 0 Å². The Bertz CT molecular complexity index is 622. The second-order valence-electron chi connectivity index (χ2n) is 4.19.